The summed E-state index contributed by atoms with van der Waals surface area (Å²) in [6, 6.07) is 13.0. The van der Waals surface area contributed by atoms with Crippen molar-refractivity contribution in [2.45, 2.75) is 10.6 Å². The van der Waals surface area contributed by atoms with Crippen molar-refractivity contribution in [1.82, 2.24) is 0 Å². The summed E-state index contributed by atoms with van der Waals surface area (Å²) in [7, 11) is -2.08. The van der Waals surface area contributed by atoms with Gasteiger partial charge in [-0.1, -0.05) is 30.3 Å². The summed E-state index contributed by atoms with van der Waals surface area (Å²) in [5.41, 5.74) is 0.717. The van der Waals surface area contributed by atoms with Gasteiger partial charge in [0.25, 0.3) is 0 Å². The maximum atomic E-state index is 12.2. The van der Waals surface area contributed by atoms with Crippen LogP contribution in [0.1, 0.15) is 5.56 Å². The summed E-state index contributed by atoms with van der Waals surface area (Å²) in [4.78, 5) is 0.131. The van der Waals surface area contributed by atoms with Crippen LogP contribution >= 0.6 is 0 Å². The molecule has 2 aromatic carbocycles. The van der Waals surface area contributed by atoms with E-state index in [1.807, 2.05) is 6.07 Å². The second-order valence-electron chi connectivity index (χ2n) is 4.08. The van der Waals surface area contributed by atoms with E-state index in [0.717, 1.165) is 5.56 Å². The summed E-state index contributed by atoms with van der Waals surface area (Å²) in [5.74, 6) is -0.0165. The van der Waals surface area contributed by atoms with E-state index in [-0.39, 0.29) is 22.1 Å². The minimum atomic E-state index is -3.45. The summed E-state index contributed by atoms with van der Waals surface area (Å²) < 4.78 is 29.4. The molecule has 2 rings (SSSR count). The molecule has 0 radical (unpaired) electrons. The first-order valence-corrected chi connectivity index (χ1v) is 7.32. The Morgan fingerprint density at radius 2 is 1.79 bits per heavy atom. The van der Waals surface area contributed by atoms with Gasteiger partial charge in [-0.3, -0.25) is 0 Å². The molecule has 0 aliphatic rings. The highest BCUT2D eigenvalue weighted by Crippen LogP contribution is 2.29. The van der Waals surface area contributed by atoms with E-state index in [4.69, 9.17) is 4.74 Å². The number of benzene rings is 2. The molecule has 1 N–H and O–H groups in total. The van der Waals surface area contributed by atoms with Crippen LogP contribution in [0.5, 0.6) is 11.5 Å². The molecule has 0 atom stereocenters. The minimum absolute atomic E-state index is 0.0816. The highest BCUT2D eigenvalue weighted by atomic mass is 32.2. The molecule has 0 fully saturated rings. The molecule has 0 unspecified atom stereocenters. The molecule has 0 saturated heterocycles. The van der Waals surface area contributed by atoms with E-state index >= 15 is 0 Å². The Hall–Kier alpha value is -2.01. The lowest BCUT2D eigenvalue weighted by Gasteiger charge is -2.08. The molecule has 0 saturated carbocycles. The smallest absolute Gasteiger partial charge is 0.182 e. The molecule has 0 bridgehead atoms. The van der Waals surface area contributed by atoms with Gasteiger partial charge >= 0.3 is 0 Å². The van der Waals surface area contributed by atoms with Gasteiger partial charge in [0.15, 0.2) is 21.3 Å². The Morgan fingerprint density at radius 1 is 1.11 bits per heavy atom. The fourth-order valence-corrected chi connectivity index (χ4v) is 3.09. The standard InChI is InChI=1S/C14H14O4S/c1-18-14-9-12(7-8-13(14)15)19(16,17)10-11-5-3-2-4-6-11/h2-9,15H,10H2,1H3. The second kappa shape index (κ2) is 5.32. The summed E-state index contributed by atoms with van der Waals surface area (Å²) in [6.07, 6.45) is 0. The molecule has 2 aromatic rings. The zero-order chi connectivity index (χ0) is 13.9. The van der Waals surface area contributed by atoms with E-state index < -0.39 is 9.84 Å². The topological polar surface area (TPSA) is 63.6 Å². The largest absolute Gasteiger partial charge is 0.504 e. The van der Waals surface area contributed by atoms with Crippen LogP contribution in [0.15, 0.2) is 53.4 Å². The van der Waals surface area contributed by atoms with E-state index in [9.17, 15) is 13.5 Å². The predicted octanol–water partition coefficient (Wildman–Crippen LogP) is 2.37. The average molecular weight is 278 g/mol. The molecule has 0 aliphatic carbocycles. The van der Waals surface area contributed by atoms with Gasteiger partial charge in [-0.05, 0) is 17.7 Å². The molecule has 0 heterocycles. The number of phenols is 1. The van der Waals surface area contributed by atoms with Crippen molar-refractivity contribution >= 4 is 9.84 Å². The second-order valence-corrected chi connectivity index (χ2v) is 6.07. The molecule has 19 heavy (non-hydrogen) atoms. The molecule has 0 amide bonds. The number of aromatic hydroxyl groups is 1. The summed E-state index contributed by atoms with van der Waals surface area (Å²) >= 11 is 0. The van der Waals surface area contributed by atoms with Gasteiger partial charge in [-0.15, -0.1) is 0 Å². The number of hydrogen-bond donors (Lipinski definition) is 1. The van der Waals surface area contributed by atoms with Crippen LogP contribution in [-0.4, -0.2) is 20.6 Å². The Kier molecular flexibility index (Phi) is 3.76. The molecule has 5 heteroatoms. The first-order chi connectivity index (χ1) is 9.03. The van der Waals surface area contributed by atoms with Gasteiger partial charge in [0.2, 0.25) is 0 Å². The van der Waals surface area contributed by atoms with Gasteiger partial charge in [-0.25, -0.2) is 8.42 Å². The molecule has 4 nitrogen and oxygen atoms in total. The predicted molar refractivity (Wildman–Crippen MR) is 72.0 cm³/mol. The number of phenolic OH excluding ortho intramolecular Hbond substituents is 1. The van der Waals surface area contributed by atoms with Crippen molar-refractivity contribution in [3.05, 3.63) is 54.1 Å². The molecular formula is C14H14O4S. The zero-order valence-corrected chi connectivity index (χ0v) is 11.2. The average Bonchev–Trinajstić information content (AvgIpc) is 2.39. The highest BCUT2D eigenvalue weighted by Gasteiger charge is 2.17. The van der Waals surface area contributed by atoms with Crippen molar-refractivity contribution in [1.29, 1.82) is 0 Å². The Balaban J connectivity index is 2.35. The number of sulfone groups is 1. The Bertz CT molecular complexity index is 663. The maximum Gasteiger partial charge on any atom is 0.182 e. The van der Waals surface area contributed by atoms with E-state index in [2.05, 4.69) is 0 Å². The zero-order valence-electron chi connectivity index (χ0n) is 10.4. The monoisotopic (exact) mass is 278 g/mol. The highest BCUT2D eigenvalue weighted by molar-refractivity contribution is 7.90. The number of methoxy groups -OCH3 is 1. The third kappa shape index (κ3) is 3.06. The van der Waals surface area contributed by atoms with Crippen molar-refractivity contribution in [3.63, 3.8) is 0 Å². The fraction of sp³-hybridized carbons (Fsp3) is 0.143. The van der Waals surface area contributed by atoms with E-state index in [0.29, 0.717) is 0 Å². The lowest BCUT2D eigenvalue weighted by molar-refractivity contribution is 0.372. The fourth-order valence-electron chi connectivity index (χ4n) is 1.73. The van der Waals surface area contributed by atoms with Crippen LogP contribution in [0, 0.1) is 0 Å². The van der Waals surface area contributed by atoms with Gasteiger partial charge in [-0.2, -0.15) is 0 Å². The molecule has 0 aromatic heterocycles. The molecule has 100 valence electrons. The lowest BCUT2D eigenvalue weighted by Crippen LogP contribution is -2.05. The van der Waals surface area contributed by atoms with Gasteiger partial charge in [0, 0.05) is 6.07 Å². The third-order valence-electron chi connectivity index (χ3n) is 2.71. The Labute approximate surface area is 112 Å². The summed E-state index contributed by atoms with van der Waals surface area (Å²) in [6.45, 7) is 0. The van der Waals surface area contributed by atoms with Crippen LogP contribution in [-0.2, 0) is 15.6 Å². The first kappa shape index (κ1) is 13.4. The maximum absolute atomic E-state index is 12.2. The van der Waals surface area contributed by atoms with Crippen LogP contribution < -0.4 is 4.74 Å². The quantitative estimate of drug-likeness (QED) is 0.932. The van der Waals surface area contributed by atoms with Crippen molar-refractivity contribution in [2.75, 3.05) is 7.11 Å². The third-order valence-corrected chi connectivity index (χ3v) is 4.40. The minimum Gasteiger partial charge on any atom is -0.504 e. The SMILES string of the molecule is COc1cc(S(=O)(=O)Cc2ccccc2)ccc1O. The number of hydrogen-bond acceptors (Lipinski definition) is 4. The molecule has 0 aliphatic heterocycles. The van der Waals surface area contributed by atoms with Crippen LogP contribution in [0.2, 0.25) is 0 Å². The van der Waals surface area contributed by atoms with Crippen molar-refractivity contribution < 1.29 is 18.3 Å². The Morgan fingerprint density at radius 3 is 2.42 bits per heavy atom. The number of rotatable bonds is 4. The number of ether oxygens (including phenoxy) is 1. The van der Waals surface area contributed by atoms with Crippen LogP contribution in [0.25, 0.3) is 0 Å². The first-order valence-electron chi connectivity index (χ1n) is 5.66. The van der Waals surface area contributed by atoms with E-state index in [1.165, 1.54) is 25.3 Å². The van der Waals surface area contributed by atoms with E-state index in [1.54, 1.807) is 24.3 Å². The van der Waals surface area contributed by atoms with Gasteiger partial charge in [0.05, 0.1) is 17.8 Å². The van der Waals surface area contributed by atoms with Crippen LogP contribution in [0.3, 0.4) is 0 Å². The van der Waals surface area contributed by atoms with Crippen molar-refractivity contribution in [2.24, 2.45) is 0 Å². The van der Waals surface area contributed by atoms with Crippen LogP contribution in [0.4, 0.5) is 0 Å². The summed E-state index contributed by atoms with van der Waals surface area (Å²) in [5, 5.41) is 9.47. The van der Waals surface area contributed by atoms with Crippen molar-refractivity contribution in [3.8, 4) is 11.5 Å². The van der Waals surface area contributed by atoms with Gasteiger partial charge < -0.3 is 9.84 Å². The normalized spacial score (nSPS) is 11.2. The molecular weight excluding hydrogens is 264 g/mol. The lowest BCUT2D eigenvalue weighted by atomic mass is 10.2. The van der Waals surface area contributed by atoms with Gasteiger partial charge in [0.1, 0.15) is 0 Å². The molecule has 0 spiro atoms.